The molecule has 3 rings (SSSR count). The maximum absolute atomic E-state index is 12.5. The highest BCUT2D eigenvalue weighted by Crippen LogP contribution is 2.26. The van der Waals surface area contributed by atoms with E-state index in [9.17, 15) is 14.7 Å². The number of aliphatic carboxylic acids is 1. The normalized spacial score (nSPS) is 16.3. The molecule has 1 saturated heterocycles. The van der Waals surface area contributed by atoms with Crippen molar-refractivity contribution in [2.75, 3.05) is 24.5 Å². The van der Waals surface area contributed by atoms with E-state index in [4.69, 9.17) is 10.2 Å². The van der Waals surface area contributed by atoms with Gasteiger partial charge in [-0.15, -0.1) is 0 Å². The molecule has 0 aromatic carbocycles. The number of carboxylic acid groups (broad SMARTS) is 1. The second-order valence-corrected chi connectivity index (χ2v) is 7.22. The number of aryl methyl sites for hydroxylation is 1. The number of nitrogens with one attached hydrogen (secondary N) is 1. The Morgan fingerprint density at radius 3 is 2.75 bits per heavy atom. The van der Waals surface area contributed by atoms with Gasteiger partial charge in [-0.1, -0.05) is 0 Å². The van der Waals surface area contributed by atoms with Gasteiger partial charge >= 0.3 is 5.97 Å². The molecule has 2 aromatic heterocycles. The van der Waals surface area contributed by atoms with E-state index in [1.165, 1.54) is 0 Å². The zero-order valence-electron chi connectivity index (χ0n) is 16.1. The molecular weight excluding hydrogens is 362 g/mol. The highest BCUT2D eigenvalue weighted by molar-refractivity contribution is 5.85. The van der Waals surface area contributed by atoms with Crippen LogP contribution in [-0.4, -0.2) is 52.6 Å². The molecular formula is C19H27N5O4. The molecule has 9 nitrogen and oxygen atoms in total. The van der Waals surface area contributed by atoms with Crippen LogP contribution in [-0.2, 0) is 9.59 Å². The van der Waals surface area contributed by atoms with Crippen molar-refractivity contribution in [2.24, 2.45) is 11.7 Å². The molecule has 0 spiro atoms. The van der Waals surface area contributed by atoms with Crippen molar-refractivity contribution in [1.29, 1.82) is 0 Å². The number of amides is 1. The molecule has 1 fully saturated rings. The number of hydrogen-bond acceptors (Lipinski definition) is 7. The van der Waals surface area contributed by atoms with E-state index in [0.29, 0.717) is 62.6 Å². The van der Waals surface area contributed by atoms with Crippen molar-refractivity contribution >= 4 is 29.1 Å². The number of oxazole rings is 1. The first-order chi connectivity index (χ1) is 13.5. The number of carbonyl (C=O) groups is 2. The van der Waals surface area contributed by atoms with Gasteiger partial charge in [0.15, 0.2) is 5.58 Å². The fourth-order valence-electron chi connectivity index (χ4n) is 3.41. The summed E-state index contributed by atoms with van der Waals surface area (Å²) < 4.78 is 5.77. The molecule has 1 atom stereocenters. The van der Waals surface area contributed by atoms with Crippen molar-refractivity contribution in [3.63, 3.8) is 0 Å². The zero-order valence-corrected chi connectivity index (χ0v) is 16.1. The molecule has 152 valence electrons. The lowest BCUT2D eigenvalue weighted by atomic mass is 9.95. The number of carboxylic acids is 1. The van der Waals surface area contributed by atoms with Gasteiger partial charge in [0.1, 0.15) is 6.04 Å². The van der Waals surface area contributed by atoms with Gasteiger partial charge in [0, 0.05) is 24.7 Å². The molecule has 1 aliphatic heterocycles. The SMILES string of the molecule is Cc1ccc2oc(N3CCC(C(=O)N[C@@H](CCCCN)C(=O)O)CC3)nc2n1. The fraction of sp³-hybridized carbons (Fsp3) is 0.579. The standard InChI is InChI=1S/C19H27N5O4/c1-12-5-6-15-16(21-12)23-19(28-15)24-10-7-13(8-11-24)17(25)22-14(18(26)27)4-2-3-9-20/h5-6,13-14H,2-4,7-11,20H2,1H3,(H,22,25)(H,26,27)/t14-/m0/s1. The second-order valence-electron chi connectivity index (χ2n) is 7.22. The Morgan fingerprint density at radius 2 is 2.07 bits per heavy atom. The molecule has 0 aliphatic carbocycles. The van der Waals surface area contributed by atoms with E-state index in [1.54, 1.807) is 0 Å². The number of anilines is 1. The highest BCUT2D eigenvalue weighted by atomic mass is 16.4. The van der Waals surface area contributed by atoms with Crippen molar-refractivity contribution < 1.29 is 19.1 Å². The Kier molecular flexibility index (Phi) is 6.45. The first kappa shape index (κ1) is 20.1. The minimum atomic E-state index is -1.00. The zero-order chi connectivity index (χ0) is 20.1. The smallest absolute Gasteiger partial charge is 0.326 e. The van der Waals surface area contributed by atoms with E-state index in [-0.39, 0.29) is 11.8 Å². The highest BCUT2D eigenvalue weighted by Gasteiger charge is 2.30. The average molecular weight is 389 g/mol. The summed E-state index contributed by atoms with van der Waals surface area (Å²) in [4.78, 5) is 34.7. The number of piperidine rings is 1. The predicted octanol–water partition coefficient (Wildman–Crippen LogP) is 1.45. The largest absolute Gasteiger partial charge is 0.480 e. The third kappa shape index (κ3) is 4.78. The topological polar surface area (TPSA) is 135 Å². The van der Waals surface area contributed by atoms with E-state index in [0.717, 1.165) is 12.1 Å². The number of nitrogens with zero attached hydrogens (tertiary/aromatic N) is 3. The van der Waals surface area contributed by atoms with Gasteiger partial charge in [-0.05, 0) is 57.7 Å². The van der Waals surface area contributed by atoms with Gasteiger partial charge in [0.05, 0.1) is 0 Å². The monoisotopic (exact) mass is 389 g/mol. The second kappa shape index (κ2) is 9.01. The summed E-state index contributed by atoms with van der Waals surface area (Å²) >= 11 is 0. The van der Waals surface area contributed by atoms with Crippen molar-refractivity contribution in [1.82, 2.24) is 15.3 Å². The van der Waals surface area contributed by atoms with Crippen molar-refractivity contribution in [3.05, 3.63) is 17.8 Å². The van der Waals surface area contributed by atoms with Crippen LogP contribution in [0.15, 0.2) is 16.5 Å². The van der Waals surface area contributed by atoms with Gasteiger partial charge in [-0.25, -0.2) is 9.78 Å². The average Bonchev–Trinajstić information content (AvgIpc) is 3.10. The van der Waals surface area contributed by atoms with E-state index in [2.05, 4.69) is 15.3 Å². The first-order valence-corrected chi connectivity index (χ1v) is 9.70. The Labute approximate surface area is 163 Å². The Hall–Kier alpha value is -2.68. The lowest BCUT2D eigenvalue weighted by Crippen LogP contribution is -2.46. The van der Waals surface area contributed by atoms with E-state index < -0.39 is 12.0 Å². The minimum Gasteiger partial charge on any atom is -0.480 e. The fourth-order valence-corrected chi connectivity index (χ4v) is 3.41. The number of rotatable bonds is 8. The molecule has 1 amide bonds. The summed E-state index contributed by atoms with van der Waals surface area (Å²) in [5.74, 6) is -1.41. The first-order valence-electron chi connectivity index (χ1n) is 9.70. The maximum atomic E-state index is 12.5. The van der Waals surface area contributed by atoms with Crippen LogP contribution in [0.4, 0.5) is 6.01 Å². The lowest BCUT2D eigenvalue weighted by Gasteiger charge is -2.30. The van der Waals surface area contributed by atoms with E-state index in [1.807, 2.05) is 24.0 Å². The van der Waals surface area contributed by atoms with Gasteiger partial charge in [0.2, 0.25) is 11.6 Å². The summed E-state index contributed by atoms with van der Waals surface area (Å²) in [6.07, 6.45) is 3.05. The molecule has 0 bridgehead atoms. The number of fused-ring (bicyclic) bond motifs is 1. The van der Waals surface area contributed by atoms with Crippen LogP contribution in [0.5, 0.6) is 0 Å². The Bertz CT molecular complexity index is 829. The van der Waals surface area contributed by atoms with Gasteiger partial charge in [0.25, 0.3) is 6.01 Å². The molecule has 1 aliphatic rings. The number of pyridine rings is 1. The lowest BCUT2D eigenvalue weighted by molar-refractivity contribution is -0.142. The Morgan fingerprint density at radius 1 is 1.32 bits per heavy atom. The Balaban J connectivity index is 1.54. The number of nitrogens with two attached hydrogens (primary N) is 1. The van der Waals surface area contributed by atoms with Crippen molar-refractivity contribution in [3.8, 4) is 0 Å². The number of hydrogen-bond donors (Lipinski definition) is 3. The molecule has 3 heterocycles. The van der Waals surface area contributed by atoms with Crippen LogP contribution >= 0.6 is 0 Å². The van der Waals surface area contributed by atoms with Crippen LogP contribution in [0.1, 0.15) is 37.8 Å². The minimum absolute atomic E-state index is 0.199. The van der Waals surface area contributed by atoms with Crippen LogP contribution in [0, 0.1) is 12.8 Å². The molecule has 2 aromatic rings. The summed E-state index contributed by atoms with van der Waals surface area (Å²) in [7, 11) is 0. The maximum Gasteiger partial charge on any atom is 0.326 e. The van der Waals surface area contributed by atoms with Gasteiger partial charge < -0.3 is 25.5 Å². The number of aromatic nitrogens is 2. The van der Waals surface area contributed by atoms with Crippen LogP contribution in [0.25, 0.3) is 11.2 Å². The van der Waals surface area contributed by atoms with Crippen molar-refractivity contribution in [2.45, 2.75) is 45.1 Å². The van der Waals surface area contributed by atoms with Crippen LogP contribution < -0.4 is 16.0 Å². The molecule has 0 radical (unpaired) electrons. The molecule has 0 saturated carbocycles. The third-order valence-corrected chi connectivity index (χ3v) is 5.08. The third-order valence-electron chi connectivity index (χ3n) is 5.08. The predicted molar refractivity (Wildman–Crippen MR) is 104 cm³/mol. The molecule has 9 heteroatoms. The molecule has 0 unspecified atom stereocenters. The van der Waals surface area contributed by atoms with Crippen LogP contribution in [0.2, 0.25) is 0 Å². The number of carbonyl (C=O) groups excluding carboxylic acids is 1. The van der Waals surface area contributed by atoms with E-state index >= 15 is 0 Å². The molecule has 4 N–H and O–H groups in total. The summed E-state index contributed by atoms with van der Waals surface area (Å²) in [6.45, 7) is 3.66. The van der Waals surface area contributed by atoms with Gasteiger partial charge in [-0.2, -0.15) is 4.98 Å². The summed E-state index contributed by atoms with van der Waals surface area (Å²) in [5.41, 5.74) is 7.54. The van der Waals surface area contributed by atoms with Crippen LogP contribution in [0.3, 0.4) is 0 Å². The summed E-state index contributed by atoms with van der Waals surface area (Å²) in [5, 5.41) is 12.0. The van der Waals surface area contributed by atoms with Gasteiger partial charge in [-0.3, -0.25) is 4.79 Å². The molecule has 28 heavy (non-hydrogen) atoms. The summed E-state index contributed by atoms with van der Waals surface area (Å²) in [6, 6.07) is 3.38. The quantitative estimate of drug-likeness (QED) is 0.577. The number of unbranched alkanes of at least 4 members (excludes halogenated alkanes) is 1.